The maximum atomic E-state index is 6.04. The van der Waals surface area contributed by atoms with Crippen LogP contribution >= 0.6 is 0 Å². The van der Waals surface area contributed by atoms with Crippen LogP contribution in [0.2, 0.25) is 0 Å². The van der Waals surface area contributed by atoms with Gasteiger partial charge in [-0.1, -0.05) is 52.0 Å². The highest BCUT2D eigenvalue weighted by Gasteiger charge is 2.13. The molecule has 3 heteroatoms. The molecule has 0 aliphatic rings. The molecule has 2 N–H and O–H groups in total. The smallest absolute Gasteiger partial charge is 0.110 e. The van der Waals surface area contributed by atoms with E-state index in [0.717, 1.165) is 25.2 Å². The van der Waals surface area contributed by atoms with Gasteiger partial charge >= 0.3 is 0 Å². The second kappa shape index (κ2) is 6.44. The van der Waals surface area contributed by atoms with Crippen molar-refractivity contribution in [1.82, 2.24) is 9.55 Å². The molecule has 1 aromatic carbocycles. The van der Waals surface area contributed by atoms with E-state index in [0.29, 0.717) is 0 Å². The van der Waals surface area contributed by atoms with Crippen LogP contribution in [0.25, 0.3) is 0 Å². The van der Waals surface area contributed by atoms with Gasteiger partial charge in [-0.15, -0.1) is 0 Å². The van der Waals surface area contributed by atoms with Gasteiger partial charge in [-0.3, -0.25) is 0 Å². The fourth-order valence-electron chi connectivity index (χ4n) is 2.36. The molecule has 0 saturated heterocycles. The Kier molecular flexibility index (Phi) is 4.84. The van der Waals surface area contributed by atoms with Gasteiger partial charge in [0.15, 0.2) is 0 Å². The quantitative estimate of drug-likeness (QED) is 0.913. The summed E-state index contributed by atoms with van der Waals surface area (Å²) in [5.74, 6) is 1.07. The van der Waals surface area contributed by atoms with Crippen LogP contribution in [-0.2, 0) is 18.4 Å². The largest absolute Gasteiger partial charge is 0.330 e. The van der Waals surface area contributed by atoms with Crippen LogP contribution in [0.15, 0.2) is 36.7 Å². The summed E-state index contributed by atoms with van der Waals surface area (Å²) in [4.78, 5) is 4.44. The van der Waals surface area contributed by atoms with Crippen LogP contribution in [0.1, 0.15) is 51.1 Å². The van der Waals surface area contributed by atoms with Gasteiger partial charge in [-0.2, -0.15) is 0 Å². The normalized spacial score (nSPS) is 13.4. The number of hydrogen-bond donors (Lipinski definition) is 1. The van der Waals surface area contributed by atoms with Crippen LogP contribution < -0.4 is 5.73 Å². The Bertz CT molecular complexity index is 561. The van der Waals surface area contributed by atoms with E-state index in [1.165, 1.54) is 11.1 Å². The average Bonchev–Trinajstić information content (AvgIpc) is 2.85. The van der Waals surface area contributed by atoms with Crippen LogP contribution in [-0.4, -0.2) is 15.6 Å². The molecular formula is C18H27N3. The fraction of sp³-hybridized carbons (Fsp3) is 0.500. The molecular weight excluding hydrogens is 258 g/mol. The van der Waals surface area contributed by atoms with Gasteiger partial charge in [0, 0.05) is 31.4 Å². The molecule has 2 aromatic rings. The summed E-state index contributed by atoms with van der Waals surface area (Å²) >= 11 is 0. The third kappa shape index (κ3) is 4.18. The summed E-state index contributed by atoms with van der Waals surface area (Å²) < 4.78 is 2.20. The molecule has 0 aliphatic carbocycles. The van der Waals surface area contributed by atoms with Gasteiger partial charge in [0.25, 0.3) is 0 Å². The van der Waals surface area contributed by atoms with E-state index in [1.807, 2.05) is 12.4 Å². The van der Waals surface area contributed by atoms with Crippen molar-refractivity contribution in [2.75, 3.05) is 0 Å². The summed E-state index contributed by atoms with van der Waals surface area (Å²) in [7, 11) is 0. The molecule has 0 spiro atoms. The van der Waals surface area contributed by atoms with Gasteiger partial charge in [-0.05, 0) is 23.0 Å². The van der Waals surface area contributed by atoms with Crippen LogP contribution in [0.3, 0.4) is 0 Å². The Labute approximate surface area is 128 Å². The first-order valence-corrected chi connectivity index (χ1v) is 7.75. The molecule has 1 atom stereocenters. The zero-order valence-corrected chi connectivity index (χ0v) is 13.6. The lowest BCUT2D eigenvalue weighted by molar-refractivity contribution is 0.588. The summed E-state index contributed by atoms with van der Waals surface area (Å²) in [6, 6.07) is 9.07. The van der Waals surface area contributed by atoms with E-state index in [2.05, 4.69) is 61.5 Å². The van der Waals surface area contributed by atoms with Gasteiger partial charge < -0.3 is 10.3 Å². The lowest BCUT2D eigenvalue weighted by atomic mass is 9.87. The molecule has 3 nitrogen and oxygen atoms in total. The number of nitrogens with two attached hydrogens (primary N) is 1. The molecule has 2 rings (SSSR count). The highest BCUT2D eigenvalue weighted by molar-refractivity contribution is 5.27. The highest BCUT2D eigenvalue weighted by atomic mass is 15.1. The van der Waals surface area contributed by atoms with Crippen molar-refractivity contribution in [3.63, 3.8) is 0 Å². The first-order valence-electron chi connectivity index (χ1n) is 7.75. The maximum absolute atomic E-state index is 6.04. The molecule has 0 bridgehead atoms. The molecule has 21 heavy (non-hydrogen) atoms. The summed E-state index contributed by atoms with van der Waals surface area (Å²) in [5.41, 5.74) is 8.91. The first-order chi connectivity index (χ1) is 9.90. The Morgan fingerprint density at radius 3 is 2.43 bits per heavy atom. The number of nitrogens with zero attached hydrogens (tertiary/aromatic N) is 2. The van der Waals surface area contributed by atoms with Gasteiger partial charge in [0.05, 0.1) is 0 Å². The van der Waals surface area contributed by atoms with E-state index in [1.54, 1.807) is 0 Å². The van der Waals surface area contributed by atoms with Crippen molar-refractivity contribution in [2.24, 2.45) is 5.73 Å². The topological polar surface area (TPSA) is 43.8 Å². The molecule has 1 heterocycles. The number of aromatic nitrogens is 2. The average molecular weight is 285 g/mol. The molecule has 0 fully saturated rings. The molecule has 1 unspecified atom stereocenters. The Hall–Kier alpha value is -1.61. The fourth-order valence-corrected chi connectivity index (χ4v) is 2.36. The predicted octanol–water partition coefficient (Wildman–Crippen LogP) is 3.51. The summed E-state index contributed by atoms with van der Waals surface area (Å²) in [5, 5.41) is 0. The second-order valence-electron chi connectivity index (χ2n) is 6.79. The van der Waals surface area contributed by atoms with Crippen LogP contribution in [0.4, 0.5) is 0 Å². The summed E-state index contributed by atoms with van der Waals surface area (Å²) in [6.45, 7) is 9.69. The molecule has 114 valence electrons. The Balaban J connectivity index is 2.10. The number of hydrogen-bond acceptors (Lipinski definition) is 2. The SMILES string of the molecule is CCC(N)Cc1nccn1Cc1ccc(C(C)(C)C)cc1. The van der Waals surface area contributed by atoms with Crippen LogP contribution in [0.5, 0.6) is 0 Å². The molecule has 0 amide bonds. The monoisotopic (exact) mass is 285 g/mol. The zero-order chi connectivity index (χ0) is 15.5. The maximum Gasteiger partial charge on any atom is 0.110 e. The van der Waals surface area contributed by atoms with Crippen molar-refractivity contribution in [3.8, 4) is 0 Å². The number of imidazole rings is 1. The van der Waals surface area contributed by atoms with E-state index in [4.69, 9.17) is 5.73 Å². The lowest BCUT2D eigenvalue weighted by Crippen LogP contribution is -2.23. The standard InChI is InChI=1S/C18H27N3/c1-5-16(19)12-17-20-10-11-21(17)13-14-6-8-15(9-7-14)18(2,3)4/h6-11,16H,5,12-13,19H2,1-4H3. The van der Waals surface area contributed by atoms with Gasteiger partial charge in [-0.25, -0.2) is 4.98 Å². The van der Waals surface area contributed by atoms with E-state index in [-0.39, 0.29) is 11.5 Å². The van der Waals surface area contributed by atoms with E-state index >= 15 is 0 Å². The van der Waals surface area contributed by atoms with Gasteiger partial charge in [0.2, 0.25) is 0 Å². The minimum Gasteiger partial charge on any atom is -0.330 e. The lowest BCUT2D eigenvalue weighted by Gasteiger charge is -2.19. The minimum atomic E-state index is 0.189. The number of benzene rings is 1. The van der Waals surface area contributed by atoms with E-state index < -0.39 is 0 Å². The highest BCUT2D eigenvalue weighted by Crippen LogP contribution is 2.22. The third-order valence-electron chi connectivity index (χ3n) is 3.94. The van der Waals surface area contributed by atoms with Crippen molar-refractivity contribution < 1.29 is 0 Å². The first kappa shape index (κ1) is 15.8. The van der Waals surface area contributed by atoms with Crippen molar-refractivity contribution >= 4 is 0 Å². The van der Waals surface area contributed by atoms with Gasteiger partial charge in [0.1, 0.15) is 5.82 Å². The van der Waals surface area contributed by atoms with Crippen molar-refractivity contribution in [2.45, 2.75) is 58.5 Å². The zero-order valence-electron chi connectivity index (χ0n) is 13.6. The molecule has 0 saturated carbocycles. The summed E-state index contributed by atoms with van der Waals surface area (Å²) in [6.07, 6.45) is 5.72. The predicted molar refractivity (Wildman–Crippen MR) is 88.4 cm³/mol. The van der Waals surface area contributed by atoms with E-state index in [9.17, 15) is 0 Å². The second-order valence-corrected chi connectivity index (χ2v) is 6.79. The van der Waals surface area contributed by atoms with Crippen LogP contribution in [0, 0.1) is 0 Å². The Morgan fingerprint density at radius 1 is 1.19 bits per heavy atom. The molecule has 1 aromatic heterocycles. The third-order valence-corrected chi connectivity index (χ3v) is 3.94. The van der Waals surface area contributed by atoms with Crippen molar-refractivity contribution in [3.05, 3.63) is 53.6 Å². The van der Waals surface area contributed by atoms with Crippen molar-refractivity contribution in [1.29, 1.82) is 0 Å². The minimum absolute atomic E-state index is 0.189. The molecule has 0 aliphatic heterocycles. The number of rotatable bonds is 5. The Morgan fingerprint density at radius 2 is 1.86 bits per heavy atom. The molecule has 0 radical (unpaired) electrons.